The molecule has 25 heavy (non-hydrogen) atoms. The summed E-state index contributed by atoms with van der Waals surface area (Å²) in [7, 11) is 1.97. The minimum atomic E-state index is -0.310. The normalized spacial score (nSPS) is 10.6. The molecule has 0 saturated carbocycles. The molecular weight excluding hydrogens is 316 g/mol. The fraction of sp³-hybridized carbons (Fsp3) is 0.421. The number of ether oxygens (including phenoxy) is 1. The molecule has 1 amide bonds. The van der Waals surface area contributed by atoms with E-state index in [2.05, 4.69) is 22.4 Å². The number of carbonyl (C=O) groups excluding carboxylic acids is 1. The molecule has 0 unspecified atom stereocenters. The van der Waals surface area contributed by atoms with Crippen LogP contribution >= 0.6 is 0 Å². The molecule has 1 aromatic heterocycles. The van der Waals surface area contributed by atoms with Crippen LogP contribution in [0.25, 0.3) is 0 Å². The lowest BCUT2D eigenvalue weighted by Crippen LogP contribution is -2.21. The van der Waals surface area contributed by atoms with E-state index >= 15 is 0 Å². The molecule has 0 fully saturated rings. The third-order valence-electron chi connectivity index (χ3n) is 3.62. The van der Waals surface area contributed by atoms with Crippen molar-refractivity contribution in [3.63, 3.8) is 0 Å². The Balaban J connectivity index is 2.06. The molecule has 2 rings (SSSR count). The van der Waals surface area contributed by atoms with Crippen LogP contribution in [0.1, 0.15) is 44.1 Å². The molecule has 0 bridgehead atoms. The third kappa shape index (κ3) is 5.45. The van der Waals surface area contributed by atoms with E-state index in [1.807, 2.05) is 50.1 Å². The maximum Gasteiger partial charge on any atom is 0.276 e. The van der Waals surface area contributed by atoms with Crippen molar-refractivity contribution in [3.05, 3.63) is 42.1 Å². The lowest BCUT2D eigenvalue weighted by Gasteiger charge is -2.17. The first-order valence-electron chi connectivity index (χ1n) is 8.63. The predicted molar refractivity (Wildman–Crippen MR) is 100 cm³/mol. The SMILES string of the molecule is CCCCN(C)c1ccc(C(=O)Nc2ccccc2OC(C)C)nn1. The van der Waals surface area contributed by atoms with Gasteiger partial charge in [-0.05, 0) is 44.5 Å². The maximum absolute atomic E-state index is 12.4. The first-order valence-corrected chi connectivity index (χ1v) is 8.63. The zero-order valence-electron chi connectivity index (χ0n) is 15.3. The second-order valence-corrected chi connectivity index (χ2v) is 6.17. The Hall–Kier alpha value is -2.63. The van der Waals surface area contributed by atoms with Crippen molar-refractivity contribution >= 4 is 17.4 Å². The largest absolute Gasteiger partial charge is 0.489 e. The average molecular weight is 342 g/mol. The van der Waals surface area contributed by atoms with Crippen molar-refractivity contribution in [2.24, 2.45) is 0 Å². The Morgan fingerprint density at radius 1 is 1.20 bits per heavy atom. The predicted octanol–water partition coefficient (Wildman–Crippen LogP) is 3.75. The topological polar surface area (TPSA) is 67.4 Å². The van der Waals surface area contributed by atoms with Crippen LogP contribution in [0.4, 0.5) is 11.5 Å². The zero-order chi connectivity index (χ0) is 18.2. The van der Waals surface area contributed by atoms with Gasteiger partial charge in [-0.2, -0.15) is 0 Å². The van der Waals surface area contributed by atoms with Crippen LogP contribution in [-0.4, -0.2) is 35.8 Å². The summed E-state index contributed by atoms with van der Waals surface area (Å²) >= 11 is 0. The van der Waals surface area contributed by atoms with Crippen molar-refractivity contribution in [1.29, 1.82) is 0 Å². The molecule has 1 heterocycles. The van der Waals surface area contributed by atoms with Crippen LogP contribution in [0.3, 0.4) is 0 Å². The van der Waals surface area contributed by atoms with Gasteiger partial charge in [0.05, 0.1) is 11.8 Å². The molecule has 1 N–H and O–H groups in total. The number of nitrogens with one attached hydrogen (secondary N) is 1. The first-order chi connectivity index (χ1) is 12.0. The van der Waals surface area contributed by atoms with E-state index in [1.54, 1.807) is 12.1 Å². The Bertz CT molecular complexity index is 686. The lowest BCUT2D eigenvalue weighted by atomic mass is 10.2. The fourth-order valence-electron chi connectivity index (χ4n) is 2.27. The van der Waals surface area contributed by atoms with Crippen molar-refractivity contribution in [2.45, 2.75) is 39.7 Å². The number of unbranched alkanes of at least 4 members (excludes halogenated alkanes) is 1. The Labute approximate surface area is 149 Å². The van der Waals surface area contributed by atoms with E-state index in [0.717, 1.165) is 25.2 Å². The smallest absolute Gasteiger partial charge is 0.276 e. The van der Waals surface area contributed by atoms with Gasteiger partial charge in [0.25, 0.3) is 5.91 Å². The summed E-state index contributed by atoms with van der Waals surface area (Å²) < 4.78 is 5.71. The van der Waals surface area contributed by atoms with Gasteiger partial charge in [0.2, 0.25) is 0 Å². The van der Waals surface area contributed by atoms with Gasteiger partial charge in [-0.1, -0.05) is 25.5 Å². The summed E-state index contributed by atoms with van der Waals surface area (Å²) in [6, 6.07) is 10.8. The minimum Gasteiger partial charge on any atom is -0.489 e. The number of hydrogen-bond acceptors (Lipinski definition) is 5. The molecule has 134 valence electrons. The number of amides is 1. The number of nitrogens with zero attached hydrogens (tertiary/aromatic N) is 3. The molecular formula is C19H26N4O2. The number of rotatable bonds is 8. The van der Waals surface area contributed by atoms with Gasteiger partial charge in [-0.15, -0.1) is 10.2 Å². The van der Waals surface area contributed by atoms with Crippen LogP contribution in [0.5, 0.6) is 5.75 Å². The summed E-state index contributed by atoms with van der Waals surface area (Å²) in [5, 5.41) is 11.0. The van der Waals surface area contributed by atoms with Gasteiger partial charge < -0.3 is 15.0 Å². The third-order valence-corrected chi connectivity index (χ3v) is 3.62. The molecule has 0 aliphatic carbocycles. The summed E-state index contributed by atoms with van der Waals surface area (Å²) in [5.74, 6) is 1.08. The molecule has 6 heteroatoms. The highest BCUT2D eigenvalue weighted by Gasteiger charge is 2.13. The molecule has 1 aromatic carbocycles. The fourth-order valence-corrected chi connectivity index (χ4v) is 2.27. The molecule has 0 aliphatic heterocycles. The van der Waals surface area contributed by atoms with Crippen molar-refractivity contribution < 1.29 is 9.53 Å². The summed E-state index contributed by atoms with van der Waals surface area (Å²) in [4.78, 5) is 14.5. The molecule has 2 aromatic rings. The zero-order valence-corrected chi connectivity index (χ0v) is 15.3. The summed E-state index contributed by atoms with van der Waals surface area (Å²) in [6.45, 7) is 6.94. The van der Waals surface area contributed by atoms with Crippen molar-refractivity contribution in [1.82, 2.24) is 10.2 Å². The van der Waals surface area contributed by atoms with Crippen molar-refractivity contribution in [3.8, 4) is 5.75 Å². The lowest BCUT2D eigenvalue weighted by molar-refractivity contribution is 0.102. The average Bonchev–Trinajstić information content (AvgIpc) is 2.61. The molecule has 0 radical (unpaired) electrons. The number of carbonyl (C=O) groups is 1. The van der Waals surface area contributed by atoms with Gasteiger partial charge in [-0.3, -0.25) is 4.79 Å². The van der Waals surface area contributed by atoms with E-state index in [4.69, 9.17) is 4.74 Å². The highest BCUT2D eigenvalue weighted by molar-refractivity contribution is 6.03. The summed E-state index contributed by atoms with van der Waals surface area (Å²) in [5.41, 5.74) is 0.888. The maximum atomic E-state index is 12.4. The van der Waals surface area contributed by atoms with Crippen LogP contribution in [-0.2, 0) is 0 Å². The highest BCUT2D eigenvalue weighted by atomic mass is 16.5. The molecule has 0 spiro atoms. The van der Waals surface area contributed by atoms with E-state index < -0.39 is 0 Å². The van der Waals surface area contributed by atoms with Gasteiger partial charge in [0.1, 0.15) is 5.75 Å². The van der Waals surface area contributed by atoms with Gasteiger partial charge in [0, 0.05) is 13.6 Å². The van der Waals surface area contributed by atoms with Gasteiger partial charge in [-0.25, -0.2) is 0 Å². The van der Waals surface area contributed by atoms with Crippen molar-refractivity contribution in [2.75, 3.05) is 23.8 Å². The van der Waals surface area contributed by atoms with Crippen LogP contribution in [0.15, 0.2) is 36.4 Å². The van der Waals surface area contributed by atoms with Crippen LogP contribution in [0.2, 0.25) is 0 Å². The van der Waals surface area contributed by atoms with E-state index in [9.17, 15) is 4.79 Å². The minimum absolute atomic E-state index is 0.0239. The Morgan fingerprint density at radius 3 is 2.60 bits per heavy atom. The van der Waals surface area contributed by atoms with E-state index in [0.29, 0.717) is 11.4 Å². The number of aromatic nitrogens is 2. The summed E-state index contributed by atoms with van der Waals surface area (Å²) in [6.07, 6.45) is 2.24. The second kappa shape index (κ2) is 9.01. The van der Waals surface area contributed by atoms with Crippen LogP contribution in [0, 0.1) is 0 Å². The van der Waals surface area contributed by atoms with Gasteiger partial charge >= 0.3 is 0 Å². The van der Waals surface area contributed by atoms with Crippen LogP contribution < -0.4 is 15.0 Å². The van der Waals surface area contributed by atoms with E-state index in [-0.39, 0.29) is 17.7 Å². The van der Waals surface area contributed by atoms with E-state index in [1.165, 1.54) is 0 Å². The number of anilines is 2. The number of benzene rings is 1. The molecule has 6 nitrogen and oxygen atoms in total. The Morgan fingerprint density at radius 2 is 1.96 bits per heavy atom. The molecule has 0 saturated heterocycles. The second-order valence-electron chi connectivity index (χ2n) is 6.17. The van der Waals surface area contributed by atoms with Gasteiger partial charge in [0.15, 0.2) is 11.5 Å². The first kappa shape index (κ1) is 18.7. The Kier molecular flexibility index (Phi) is 6.74. The standard InChI is InChI=1S/C19H26N4O2/c1-5-6-13-23(4)18-12-11-16(21-22-18)19(24)20-15-9-7-8-10-17(15)25-14(2)3/h7-12,14H,5-6,13H2,1-4H3,(H,20,24). The number of para-hydroxylation sites is 2. The number of hydrogen-bond donors (Lipinski definition) is 1. The molecule has 0 atom stereocenters. The molecule has 0 aliphatic rings. The monoisotopic (exact) mass is 342 g/mol. The highest BCUT2D eigenvalue weighted by Crippen LogP contribution is 2.25. The quantitative estimate of drug-likeness (QED) is 0.791.